The van der Waals surface area contributed by atoms with Crippen LogP contribution in [0.3, 0.4) is 0 Å². The fraction of sp³-hybridized carbons (Fsp3) is 0.188. The molecule has 1 aromatic rings. The number of hydrogen-bond acceptors (Lipinski definition) is 3. The molecule has 0 saturated carbocycles. The Labute approximate surface area is 122 Å². The second-order valence-corrected chi connectivity index (χ2v) is 5.09. The molecule has 0 amide bonds. The molecule has 0 bridgehead atoms. The van der Waals surface area contributed by atoms with Crippen molar-refractivity contribution in [2.45, 2.75) is 5.38 Å². The van der Waals surface area contributed by atoms with Crippen LogP contribution in [0.4, 0.5) is 0 Å². The summed E-state index contributed by atoms with van der Waals surface area (Å²) < 4.78 is 10.5. The normalized spacial score (nSPS) is 23.4. The number of carbonyl (C=O) groups is 1. The zero-order valence-corrected chi connectivity index (χ0v) is 11.4. The third-order valence-electron chi connectivity index (χ3n) is 3.23. The SMILES string of the molecule is O=C(C=CC1C=CC=CC1Cl)c1ccc2c(c1)OCO2. The number of hydrogen-bond donors (Lipinski definition) is 0. The van der Waals surface area contributed by atoms with Crippen LogP contribution in [0.15, 0.2) is 54.7 Å². The number of ether oxygens (including phenoxy) is 2. The minimum Gasteiger partial charge on any atom is -0.454 e. The molecule has 2 unspecified atom stereocenters. The third kappa shape index (κ3) is 2.63. The highest BCUT2D eigenvalue weighted by Crippen LogP contribution is 2.32. The van der Waals surface area contributed by atoms with Crippen LogP contribution < -0.4 is 9.47 Å². The lowest BCUT2D eigenvalue weighted by molar-refractivity contribution is 0.104. The smallest absolute Gasteiger partial charge is 0.231 e. The Morgan fingerprint density at radius 1 is 1.20 bits per heavy atom. The van der Waals surface area contributed by atoms with Crippen LogP contribution in [-0.2, 0) is 0 Å². The monoisotopic (exact) mass is 288 g/mol. The van der Waals surface area contributed by atoms with Gasteiger partial charge in [0.25, 0.3) is 0 Å². The van der Waals surface area contributed by atoms with Crippen LogP contribution in [0.25, 0.3) is 0 Å². The van der Waals surface area contributed by atoms with Crippen LogP contribution in [0, 0.1) is 5.92 Å². The van der Waals surface area contributed by atoms with Gasteiger partial charge >= 0.3 is 0 Å². The number of fused-ring (bicyclic) bond motifs is 1. The molecule has 0 aromatic heterocycles. The zero-order chi connectivity index (χ0) is 13.9. The first-order valence-corrected chi connectivity index (χ1v) is 6.79. The summed E-state index contributed by atoms with van der Waals surface area (Å²) in [7, 11) is 0. The number of alkyl halides is 1. The first-order valence-electron chi connectivity index (χ1n) is 6.35. The highest BCUT2D eigenvalue weighted by molar-refractivity contribution is 6.22. The van der Waals surface area contributed by atoms with Gasteiger partial charge in [0, 0.05) is 11.5 Å². The van der Waals surface area contributed by atoms with Crippen molar-refractivity contribution in [1.82, 2.24) is 0 Å². The third-order valence-corrected chi connectivity index (χ3v) is 3.67. The van der Waals surface area contributed by atoms with E-state index in [2.05, 4.69) is 0 Å². The zero-order valence-electron chi connectivity index (χ0n) is 10.7. The molecule has 2 aliphatic rings. The summed E-state index contributed by atoms with van der Waals surface area (Å²) in [6.07, 6.45) is 11.1. The van der Waals surface area contributed by atoms with Gasteiger partial charge in [-0.15, -0.1) is 11.6 Å². The molecule has 2 atom stereocenters. The van der Waals surface area contributed by atoms with E-state index in [0.29, 0.717) is 17.1 Å². The van der Waals surface area contributed by atoms with E-state index in [-0.39, 0.29) is 23.9 Å². The standard InChI is InChI=1S/C16H13ClO3/c17-13-4-2-1-3-11(13)5-7-14(18)12-6-8-15-16(9-12)20-10-19-15/h1-9,11,13H,10H2. The van der Waals surface area contributed by atoms with Gasteiger partial charge in [-0.3, -0.25) is 4.79 Å². The molecule has 0 fully saturated rings. The highest BCUT2D eigenvalue weighted by Gasteiger charge is 2.16. The molecule has 1 aliphatic carbocycles. The van der Waals surface area contributed by atoms with Gasteiger partial charge in [0.1, 0.15) is 0 Å². The van der Waals surface area contributed by atoms with E-state index in [9.17, 15) is 4.79 Å². The van der Waals surface area contributed by atoms with Gasteiger partial charge in [-0.1, -0.05) is 30.4 Å². The van der Waals surface area contributed by atoms with Crippen molar-refractivity contribution in [1.29, 1.82) is 0 Å². The summed E-state index contributed by atoms with van der Waals surface area (Å²) in [6.45, 7) is 0.204. The summed E-state index contributed by atoms with van der Waals surface area (Å²) in [5.74, 6) is 1.25. The molecule has 4 heteroatoms. The number of rotatable bonds is 3. The molecule has 3 rings (SSSR count). The first kappa shape index (κ1) is 13.0. The Hall–Kier alpha value is -2.00. The maximum atomic E-state index is 12.1. The Morgan fingerprint density at radius 3 is 2.85 bits per heavy atom. The average molecular weight is 289 g/mol. The Balaban J connectivity index is 1.73. The topological polar surface area (TPSA) is 35.5 Å². The van der Waals surface area contributed by atoms with Crippen molar-refractivity contribution in [2.75, 3.05) is 6.79 Å². The molecular formula is C16H13ClO3. The average Bonchev–Trinajstić information content (AvgIpc) is 2.93. The van der Waals surface area contributed by atoms with Gasteiger partial charge in [-0.2, -0.15) is 0 Å². The molecular weight excluding hydrogens is 276 g/mol. The van der Waals surface area contributed by atoms with Crippen molar-refractivity contribution >= 4 is 17.4 Å². The molecule has 0 saturated heterocycles. The van der Waals surface area contributed by atoms with Gasteiger partial charge < -0.3 is 9.47 Å². The molecule has 0 N–H and O–H groups in total. The lowest BCUT2D eigenvalue weighted by Crippen LogP contribution is -2.10. The van der Waals surface area contributed by atoms with Gasteiger partial charge in [-0.05, 0) is 24.3 Å². The van der Waals surface area contributed by atoms with E-state index in [1.807, 2.05) is 30.4 Å². The summed E-state index contributed by atoms with van der Waals surface area (Å²) in [5.41, 5.74) is 0.576. The quantitative estimate of drug-likeness (QED) is 0.485. The van der Waals surface area contributed by atoms with E-state index in [1.54, 1.807) is 24.3 Å². The Morgan fingerprint density at radius 2 is 2.00 bits per heavy atom. The van der Waals surface area contributed by atoms with Crippen molar-refractivity contribution < 1.29 is 14.3 Å². The number of carbonyl (C=O) groups excluding carboxylic acids is 1. The van der Waals surface area contributed by atoms with E-state index < -0.39 is 0 Å². The largest absolute Gasteiger partial charge is 0.454 e. The summed E-state index contributed by atoms with van der Waals surface area (Å²) in [5, 5.41) is -0.110. The molecule has 0 radical (unpaired) electrons. The van der Waals surface area contributed by atoms with E-state index >= 15 is 0 Å². The van der Waals surface area contributed by atoms with Gasteiger partial charge in [0.05, 0.1) is 5.38 Å². The summed E-state index contributed by atoms with van der Waals surface area (Å²) >= 11 is 6.15. The second kappa shape index (κ2) is 5.55. The molecule has 1 aliphatic heterocycles. The Bertz CT molecular complexity index is 616. The van der Waals surface area contributed by atoms with Crippen LogP contribution in [0.5, 0.6) is 11.5 Å². The highest BCUT2D eigenvalue weighted by atomic mass is 35.5. The fourth-order valence-corrected chi connectivity index (χ4v) is 2.36. The van der Waals surface area contributed by atoms with Gasteiger partial charge in [0.2, 0.25) is 6.79 Å². The van der Waals surface area contributed by atoms with Crippen molar-refractivity contribution in [3.8, 4) is 11.5 Å². The van der Waals surface area contributed by atoms with Crippen molar-refractivity contribution in [3.05, 3.63) is 60.2 Å². The minimum atomic E-state index is -0.110. The summed E-state index contributed by atoms with van der Waals surface area (Å²) in [4.78, 5) is 12.1. The molecule has 102 valence electrons. The first-order chi connectivity index (χ1) is 9.74. The maximum absolute atomic E-state index is 12.1. The Kier molecular flexibility index (Phi) is 3.61. The summed E-state index contributed by atoms with van der Waals surface area (Å²) in [6, 6.07) is 5.18. The molecule has 20 heavy (non-hydrogen) atoms. The lowest BCUT2D eigenvalue weighted by atomic mass is 9.98. The predicted molar refractivity (Wildman–Crippen MR) is 77.4 cm³/mol. The molecule has 1 aromatic carbocycles. The fourth-order valence-electron chi connectivity index (χ4n) is 2.11. The lowest BCUT2D eigenvalue weighted by Gasteiger charge is -2.13. The van der Waals surface area contributed by atoms with Gasteiger partial charge in [0.15, 0.2) is 17.3 Å². The van der Waals surface area contributed by atoms with Crippen LogP contribution in [0.1, 0.15) is 10.4 Å². The predicted octanol–water partition coefficient (Wildman–Crippen LogP) is 3.50. The maximum Gasteiger partial charge on any atom is 0.231 e. The van der Waals surface area contributed by atoms with Crippen LogP contribution in [-0.4, -0.2) is 18.0 Å². The van der Waals surface area contributed by atoms with E-state index in [0.717, 1.165) is 0 Å². The molecule has 0 spiro atoms. The van der Waals surface area contributed by atoms with Crippen molar-refractivity contribution in [3.63, 3.8) is 0 Å². The van der Waals surface area contributed by atoms with Gasteiger partial charge in [-0.25, -0.2) is 0 Å². The van der Waals surface area contributed by atoms with E-state index in [1.165, 1.54) is 0 Å². The van der Waals surface area contributed by atoms with Crippen molar-refractivity contribution in [2.24, 2.45) is 5.92 Å². The van der Waals surface area contributed by atoms with E-state index in [4.69, 9.17) is 21.1 Å². The number of halogens is 1. The second-order valence-electron chi connectivity index (χ2n) is 4.58. The molecule has 3 nitrogen and oxygen atoms in total. The van der Waals surface area contributed by atoms with Crippen LogP contribution >= 0.6 is 11.6 Å². The minimum absolute atomic E-state index is 0.0413. The molecule has 1 heterocycles. The number of ketones is 1. The van der Waals surface area contributed by atoms with Crippen LogP contribution in [0.2, 0.25) is 0 Å². The number of benzene rings is 1. The number of allylic oxidation sites excluding steroid dienone is 6.